The maximum absolute atomic E-state index is 5.84. The topological polar surface area (TPSA) is 59.6 Å². The second-order valence-corrected chi connectivity index (χ2v) is 6.62. The number of hydrazone groups is 1. The summed E-state index contributed by atoms with van der Waals surface area (Å²) >= 11 is 4.67. The molecule has 2 rings (SSSR count). The fourth-order valence-corrected chi connectivity index (χ4v) is 2.00. The van der Waals surface area contributed by atoms with Gasteiger partial charge in [0.15, 0.2) is 5.11 Å². The third kappa shape index (κ3) is 5.38. The van der Waals surface area contributed by atoms with Crippen molar-refractivity contribution in [2.75, 3.05) is 0 Å². The zero-order chi connectivity index (χ0) is 16.9. The highest BCUT2D eigenvalue weighted by Crippen LogP contribution is 2.26. The number of benzene rings is 2. The van der Waals surface area contributed by atoms with Crippen LogP contribution in [0.25, 0.3) is 0 Å². The number of nitrogens with two attached hydrogens (primary N) is 1. The van der Waals surface area contributed by atoms with E-state index in [9.17, 15) is 0 Å². The van der Waals surface area contributed by atoms with Gasteiger partial charge in [-0.05, 0) is 65.2 Å². The Bertz CT molecular complexity index is 686. The maximum Gasteiger partial charge on any atom is 0.184 e. The summed E-state index contributed by atoms with van der Waals surface area (Å²) < 4.78 is 5.84. The molecule has 23 heavy (non-hydrogen) atoms. The predicted molar refractivity (Wildman–Crippen MR) is 99.2 cm³/mol. The molecule has 3 N–H and O–H groups in total. The molecule has 0 aliphatic heterocycles. The van der Waals surface area contributed by atoms with Gasteiger partial charge in [0, 0.05) is 0 Å². The van der Waals surface area contributed by atoms with E-state index in [1.807, 2.05) is 36.4 Å². The summed E-state index contributed by atoms with van der Waals surface area (Å²) in [5.74, 6) is 1.59. The number of rotatable bonds is 4. The zero-order valence-corrected chi connectivity index (χ0v) is 14.4. The highest BCUT2D eigenvalue weighted by molar-refractivity contribution is 7.80. The molecule has 0 saturated heterocycles. The van der Waals surface area contributed by atoms with E-state index >= 15 is 0 Å². The molecule has 5 heteroatoms. The van der Waals surface area contributed by atoms with Crippen LogP contribution in [0.2, 0.25) is 0 Å². The van der Waals surface area contributed by atoms with E-state index in [4.69, 9.17) is 10.5 Å². The van der Waals surface area contributed by atoms with E-state index in [2.05, 4.69) is 55.6 Å². The van der Waals surface area contributed by atoms with Crippen LogP contribution in [0.3, 0.4) is 0 Å². The Kier molecular flexibility index (Phi) is 5.34. The first kappa shape index (κ1) is 17.0. The van der Waals surface area contributed by atoms with Crippen LogP contribution in [0.4, 0.5) is 0 Å². The van der Waals surface area contributed by atoms with Gasteiger partial charge in [-0.1, -0.05) is 32.9 Å². The summed E-state index contributed by atoms with van der Waals surface area (Å²) in [5, 5.41) is 4.04. The first-order valence-electron chi connectivity index (χ1n) is 7.31. The molecule has 0 aromatic heterocycles. The Morgan fingerprint density at radius 2 is 1.57 bits per heavy atom. The number of ether oxygens (including phenoxy) is 1. The molecule has 2 aromatic rings. The van der Waals surface area contributed by atoms with Gasteiger partial charge in [-0.2, -0.15) is 5.10 Å². The number of nitrogens with zero attached hydrogens (tertiary/aromatic N) is 1. The Morgan fingerprint density at radius 1 is 1.04 bits per heavy atom. The smallest absolute Gasteiger partial charge is 0.184 e. The molecule has 0 saturated carbocycles. The molecule has 2 aromatic carbocycles. The Morgan fingerprint density at radius 3 is 2.04 bits per heavy atom. The molecular formula is C18H21N3OS. The average molecular weight is 327 g/mol. The average Bonchev–Trinajstić information content (AvgIpc) is 2.48. The van der Waals surface area contributed by atoms with Gasteiger partial charge in [-0.25, -0.2) is 0 Å². The molecule has 0 amide bonds. The minimum absolute atomic E-state index is 0.138. The highest BCUT2D eigenvalue weighted by atomic mass is 32.1. The highest BCUT2D eigenvalue weighted by Gasteiger charge is 2.13. The molecule has 0 aliphatic carbocycles. The third-order valence-corrected chi connectivity index (χ3v) is 3.32. The second-order valence-electron chi connectivity index (χ2n) is 6.18. The van der Waals surface area contributed by atoms with Gasteiger partial charge < -0.3 is 10.5 Å². The number of hydrogen-bond donors (Lipinski definition) is 2. The first-order valence-corrected chi connectivity index (χ1v) is 7.72. The molecule has 120 valence electrons. The maximum atomic E-state index is 5.84. The summed E-state index contributed by atoms with van der Waals surface area (Å²) in [6.45, 7) is 6.57. The summed E-state index contributed by atoms with van der Waals surface area (Å²) in [7, 11) is 0. The van der Waals surface area contributed by atoms with E-state index in [0.717, 1.165) is 17.1 Å². The summed E-state index contributed by atoms with van der Waals surface area (Å²) in [4.78, 5) is 0. The fraction of sp³-hybridized carbons (Fsp3) is 0.222. The van der Waals surface area contributed by atoms with Gasteiger partial charge in [0.25, 0.3) is 0 Å². The van der Waals surface area contributed by atoms with Crippen molar-refractivity contribution in [3.63, 3.8) is 0 Å². The van der Waals surface area contributed by atoms with E-state index in [1.165, 1.54) is 5.56 Å². The zero-order valence-electron chi connectivity index (χ0n) is 13.5. The van der Waals surface area contributed by atoms with Crippen molar-refractivity contribution in [2.24, 2.45) is 10.8 Å². The van der Waals surface area contributed by atoms with Crippen molar-refractivity contribution < 1.29 is 4.74 Å². The van der Waals surface area contributed by atoms with E-state index in [-0.39, 0.29) is 10.5 Å². The van der Waals surface area contributed by atoms with E-state index < -0.39 is 0 Å². The van der Waals surface area contributed by atoms with E-state index in [1.54, 1.807) is 6.21 Å². The molecule has 0 unspecified atom stereocenters. The van der Waals surface area contributed by atoms with Gasteiger partial charge >= 0.3 is 0 Å². The minimum Gasteiger partial charge on any atom is -0.457 e. The van der Waals surface area contributed by atoms with E-state index in [0.29, 0.717) is 0 Å². The van der Waals surface area contributed by atoms with Gasteiger partial charge in [0.1, 0.15) is 11.5 Å². The Labute approximate surface area is 142 Å². The van der Waals surface area contributed by atoms with Crippen LogP contribution >= 0.6 is 12.2 Å². The number of thiocarbonyl (C=S) groups is 1. The molecule has 0 heterocycles. The number of nitrogens with one attached hydrogen (secondary N) is 1. The van der Waals surface area contributed by atoms with Crippen LogP contribution in [0, 0.1) is 0 Å². The lowest BCUT2D eigenvalue weighted by Crippen LogP contribution is -2.23. The summed E-state index contributed by atoms with van der Waals surface area (Å²) in [6.07, 6.45) is 1.64. The SMILES string of the molecule is CC(C)(C)c1ccc(Oc2ccc(C=NNC(N)=S)cc2)cc1. The summed E-state index contributed by atoms with van der Waals surface area (Å²) in [5.41, 5.74) is 10.1. The standard InChI is InChI=1S/C18H21N3OS/c1-18(2,3)14-6-10-16(11-7-14)22-15-8-4-13(5-9-15)12-20-21-17(19)23/h4-12H,1-3H3,(H3,19,21,23). The lowest BCUT2D eigenvalue weighted by Gasteiger charge is -2.19. The lowest BCUT2D eigenvalue weighted by atomic mass is 9.87. The van der Waals surface area contributed by atoms with Crippen molar-refractivity contribution >= 4 is 23.5 Å². The number of hydrogen-bond acceptors (Lipinski definition) is 3. The predicted octanol–water partition coefficient (Wildman–Crippen LogP) is 3.94. The van der Waals surface area contributed by atoms with Crippen LogP contribution in [0.1, 0.15) is 31.9 Å². The molecule has 0 atom stereocenters. The molecular weight excluding hydrogens is 306 g/mol. The van der Waals surface area contributed by atoms with Crippen LogP contribution in [0.15, 0.2) is 53.6 Å². The van der Waals surface area contributed by atoms with Gasteiger partial charge in [0.05, 0.1) is 6.21 Å². The monoisotopic (exact) mass is 327 g/mol. The normalized spacial score (nSPS) is 11.4. The molecule has 0 bridgehead atoms. The summed E-state index contributed by atoms with van der Waals surface area (Å²) in [6, 6.07) is 15.8. The van der Waals surface area contributed by atoms with Crippen molar-refractivity contribution in [3.05, 3.63) is 59.7 Å². The largest absolute Gasteiger partial charge is 0.457 e. The van der Waals surface area contributed by atoms with Crippen molar-refractivity contribution in [1.29, 1.82) is 0 Å². The van der Waals surface area contributed by atoms with Crippen molar-refractivity contribution in [3.8, 4) is 11.5 Å². The molecule has 0 spiro atoms. The lowest BCUT2D eigenvalue weighted by molar-refractivity contribution is 0.481. The first-order chi connectivity index (χ1) is 10.8. The third-order valence-electron chi connectivity index (χ3n) is 3.22. The Balaban J connectivity index is 2.00. The van der Waals surface area contributed by atoms with Gasteiger partial charge in [-0.3, -0.25) is 5.43 Å². The fourth-order valence-electron chi connectivity index (χ4n) is 1.95. The quantitative estimate of drug-likeness (QED) is 0.507. The van der Waals surface area contributed by atoms with Crippen molar-refractivity contribution in [2.45, 2.75) is 26.2 Å². The molecule has 4 nitrogen and oxygen atoms in total. The molecule has 0 aliphatic rings. The molecule has 0 radical (unpaired) electrons. The minimum atomic E-state index is 0.138. The van der Waals surface area contributed by atoms with Gasteiger partial charge in [0.2, 0.25) is 0 Å². The second kappa shape index (κ2) is 7.24. The van der Waals surface area contributed by atoms with Crippen LogP contribution < -0.4 is 15.9 Å². The van der Waals surface area contributed by atoms with Crippen LogP contribution in [-0.4, -0.2) is 11.3 Å². The molecule has 0 fully saturated rings. The van der Waals surface area contributed by atoms with Crippen LogP contribution in [-0.2, 0) is 5.41 Å². The van der Waals surface area contributed by atoms with Crippen LogP contribution in [0.5, 0.6) is 11.5 Å². The van der Waals surface area contributed by atoms with Crippen molar-refractivity contribution in [1.82, 2.24) is 5.43 Å². The Hall–Kier alpha value is -2.40. The van der Waals surface area contributed by atoms with Gasteiger partial charge in [-0.15, -0.1) is 0 Å².